The Morgan fingerprint density at radius 2 is 2.13 bits per heavy atom. The molecule has 2 N–H and O–H groups in total. The molecule has 1 aromatic heterocycles. The molecule has 0 amide bonds. The summed E-state index contributed by atoms with van der Waals surface area (Å²) in [5.41, 5.74) is 0.284. The van der Waals surface area contributed by atoms with Crippen molar-refractivity contribution in [1.82, 2.24) is 4.98 Å². The highest BCUT2D eigenvalue weighted by Gasteiger charge is 2.26. The van der Waals surface area contributed by atoms with Gasteiger partial charge in [-0.05, 0) is 13.3 Å². The van der Waals surface area contributed by atoms with Crippen LogP contribution in [0.3, 0.4) is 0 Å². The molecule has 0 unspecified atom stereocenters. The molecule has 0 aromatic carbocycles. The van der Waals surface area contributed by atoms with E-state index in [2.05, 4.69) is 4.98 Å². The predicted molar refractivity (Wildman–Crippen MR) is 58.5 cm³/mol. The van der Waals surface area contributed by atoms with Crippen LogP contribution in [0.2, 0.25) is 0 Å². The molecule has 0 spiro atoms. The Morgan fingerprint density at radius 1 is 1.53 bits per heavy atom. The summed E-state index contributed by atoms with van der Waals surface area (Å²) < 4.78 is 0. The fraction of sp³-hybridized carbons (Fsp3) is 0.600. The number of nitrogens with zero attached hydrogens (tertiary/aromatic N) is 1. The van der Waals surface area contributed by atoms with Crippen LogP contribution >= 0.6 is 11.3 Å². The van der Waals surface area contributed by atoms with Crippen molar-refractivity contribution in [2.45, 2.75) is 32.6 Å². The van der Waals surface area contributed by atoms with Crippen molar-refractivity contribution in [1.29, 1.82) is 0 Å². The zero-order chi connectivity index (χ0) is 11.6. The molecule has 1 rings (SSSR count). The van der Waals surface area contributed by atoms with Crippen molar-refractivity contribution in [2.24, 2.45) is 0 Å². The zero-order valence-corrected chi connectivity index (χ0v) is 9.89. The van der Waals surface area contributed by atoms with Crippen LogP contribution in [0.5, 0.6) is 0 Å². The molecule has 0 saturated heterocycles. The highest BCUT2D eigenvalue weighted by atomic mass is 32.1. The normalized spacial score (nSPS) is 11.7. The summed E-state index contributed by atoms with van der Waals surface area (Å²) in [5.74, 6) is -0.934. The van der Waals surface area contributed by atoms with Gasteiger partial charge >= 0.3 is 5.97 Å². The lowest BCUT2D eigenvalue weighted by Gasteiger charge is -2.19. The van der Waals surface area contributed by atoms with E-state index in [-0.39, 0.29) is 16.9 Å². The molecule has 0 bridgehead atoms. The average Bonchev–Trinajstić information content (AvgIpc) is 2.47. The largest absolute Gasteiger partial charge is 0.477 e. The Kier molecular flexibility index (Phi) is 3.46. The summed E-state index contributed by atoms with van der Waals surface area (Å²) in [6, 6.07) is 0. The molecular weight excluding hydrogens is 214 g/mol. The number of carboxylic acids is 1. The number of thiazole rings is 1. The third-order valence-electron chi connectivity index (χ3n) is 2.31. The topological polar surface area (TPSA) is 70.4 Å². The smallest absolute Gasteiger partial charge is 0.347 e. The third kappa shape index (κ3) is 2.54. The summed E-state index contributed by atoms with van der Waals surface area (Å²) in [4.78, 5) is 15.4. The Hall–Kier alpha value is -0.940. The molecule has 1 aromatic rings. The number of aryl methyl sites for hydroxylation is 1. The van der Waals surface area contributed by atoms with Crippen LogP contribution in [0.25, 0.3) is 0 Å². The quantitative estimate of drug-likeness (QED) is 0.826. The van der Waals surface area contributed by atoms with Gasteiger partial charge in [-0.3, -0.25) is 0 Å². The van der Waals surface area contributed by atoms with Gasteiger partial charge in [-0.1, -0.05) is 13.8 Å². The first-order valence-corrected chi connectivity index (χ1v) is 5.52. The molecule has 0 atom stereocenters. The summed E-state index contributed by atoms with van der Waals surface area (Å²) >= 11 is 1.19. The number of aliphatic hydroxyl groups is 1. The average molecular weight is 229 g/mol. The molecule has 5 heteroatoms. The SMILES string of the molecule is Cc1nc(C(C)(C)CCO)sc1C(=O)O. The van der Waals surface area contributed by atoms with E-state index < -0.39 is 5.97 Å². The lowest BCUT2D eigenvalue weighted by atomic mass is 9.91. The highest BCUT2D eigenvalue weighted by Crippen LogP contribution is 2.32. The Morgan fingerprint density at radius 3 is 2.53 bits per heavy atom. The number of aromatic nitrogens is 1. The standard InChI is InChI=1S/C10H15NO3S/c1-6-7(8(13)14)15-9(11-6)10(2,3)4-5-12/h12H,4-5H2,1-3H3,(H,13,14). The van der Waals surface area contributed by atoms with Gasteiger partial charge in [-0.25, -0.2) is 9.78 Å². The molecule has 4 nitrogen and oxygen atoms in total. The van der Waals surface area contributed by atoms with Gasteiger partial charge in [-0.2, -0.15) is 0 Å². The number of aliphatic hydroxyl groups excluding tert-OH is 1. The number of carboxylic acid groups (broad SMARTS) is 1. The first-order valence-electron chi connectivity index (χ1n) is 4.70. The molecule has 84 valence electrons. The van der Waals surface area contributed by atoms with Crippen LogP contribution in [0.4, 0.5) is 0 Å². The fourth-order valence-corrected chi connectivity index (χ4v) is 2.31. The van der Waals surface area contributed by atoms with Crippen LogP contribution in [0, 0.1) is 6.92 Å². The summed E-state index contributed by atoms with van der Waals surface area (Å²) in [6.45, 7) is 5.67. The van der Waals surface area contributed by atoms with E-state index in [1.54, 1.807) is 6.92 Å². The van der Waals surface area contributed by atoms with Crippen molar-refractivity contribution >= 4 is 17.3 Å². The van der Waals surface area contributed by atoms with E-state index in [0.29, 0.717) is 12.1 Å². The fourth-order valence-electron chi connectivity index (χ4n) is 1.27. The van der Waals surface area contributed by atoms with Crippen LogP contribution in [0.1, 0.15) is 40.6 Å². The molecule has 15 heavy (non-hydrogen) atoms. The summed E-state index contributed by atoms with van der Waals surface area (Å²) in [5, 5.41) is 18.6. The number of rotatable bonds is 4. The Bertz CT molecular complexity index is 371. The molecule has 0 saturated carbocycles. The molecule has 0 fully saturated rings. The van der Waals surface area contributed by atoms with Gasteiger partial charge in [-0.15, -0.1) is 11.3 Å². The third-order valence-corrected chi connectivity index (χ3v) is 3.82. The number of aromatic carboxylic acids is 1. The minimum atomic E-state index is -0.934. The molecule has 1 heterocycles. The second kappa shape index (κ2) is 4.28. The van der Waals surface area contributed by atoms with Gasteiger partial charge in [0.1, 0.15) is 4.88 Å². The number of hydrogen-bond donors (Lipinski definition) is 2. The first-order chi connectivity index (χ1) is 6.88. The van der Waals surface area contributed by atoms with Gasteiger partial charge in [0.25, 0.3) is 0 Å². The Labute approximate surface area is 92.6 Å². The van der Waals surface area contributed by atoms with Gasteiger partial charge in [0, 0.05) is 12.0 Å². The minimum absolute atomic E-state index is 0.0774. The van der Waals surface area contributed by atoms with E-state index >= 15 is 0 Å². The summed E-state index contributed by atoms with van der Waals surface area (Å²) in [6.07, 6.45) is 0.582. The molecule has 0 aliphatic carbocycles. The van der Waals surface area contributed by atoms with Crippen molar-refractivity contribution in [2.75, 3.05) is 6.61 Å². The van der Waals surface area contributed by atoms with E-state index in [0.717, 1.165) is 5.01 Å². The van der Waals surface area contributed by atoms with Crippen LogP contribution in [0.15, 0.2) is 0 Å². The van der Waals surface area contributed by atoms with Crippen molar-refractivity contribution in [3.05, 3.63) is 15.6 Å². The van der Waals surface area contributed by atoms with E-state index in [1.165, 1.54) is 11.3 Å². The lowest BCUT2D eigenvalue weighted by Crippen LogP contribution is -2.18. The van der Waals surface area contributed by atoms with E-state index in [9.17, 15) is 4.79 Å². The van der Waals surface area contributed by atoms with Crippen LogP contribution in [-0.4, -0.2) is 27.8 Å². The molecule has 0 aliphatic rings. The lowest BCUT2D eigenvalue weighted by molar-refractivity contribution is 0.0701. The highest BCUT2D eigenvalue weighted by molar-refractivity contribution is 7.13. The van der Waals surface area contributed by atoms with E-state index in [1.807, 2.05) is 13.8 Å². The molecule has 0 aliphatic heterocycles. The van der Waals surface area contributed by atoms with E-state index in [4.69, 9.17) is 10.2 Å². The maximum atomic E-state index is 10.8. The van der Waals surface area contributed by atoms with Gasteiger partial charge in [0.05, 0.1) is 10.7 Å². The van der Waals surface area contributed by atoms with Crippen molar-refractivity contribution in [3.8, 4) is 0 Å². The minimum Gasteiger partial charge on any atom is -0.477 e. The zero-order valence-electron chi connectivity index (χ0n) is 9.07. The van der Waals surface area contributed by atoms with Gasteiger partial charge in [0.15, 0.2) is 0 Å². The van der Waals surface area contributed by atoms with Crippen LogP contribution < -0.4 is 0 Å². The van der Waals surface area contributed by atoms with Crippen LogP contribution in [-0.2, 0) is 5.41 Å². The number of hydrogen-bond acceptors (Lipinski definition) is 4. The number of carbonyl (C=O) groups is 1. The second-order valence-electron chi connectivity index (χ2n) is 4.10. The van der Waals surface area contributed by atoms with Crippen molar-refractivity contribution in [3.63, 3.8) is 0 Å². The maximum absolute atomic E-state index is 10.8. The molecular formula is C10H15NO3S. The second-order valence-corrected chi connectivity index (χ2v) is 5.10. The monoisotopic (exact) mass is 229 g/mol. The summed E-state index contributed by atoms with van der Waals surface area (Å²) in [7, 11) is 0. The van der Waals surface area contributed by atoms with Crippen molar-refractivity contribution < 1.29 is 15.0 Å². The van der Waals surface area contributed by atoms with Gasteiger partial charge < -0.3 is 10.2 Å². The van der Waals surface area contributed by atoms with Gasteiger partial charge in [0.2, 0.25) is 0 Å². The maximum Gasteiger partial charge on any atom is 0.347 e. The first kappa shape index (κ1) is 12.1. The Balaban J connectivity index is 3.06. The predicted octanol–water partition coefficient (Wildman–Crippen LogP) is 1.81. The molecule has 0 radical (unpaired) electrons.